The number of methoxy groups -OCH3 is 1. The predicted octanol–water partition coefficient (Wildman–Crippen LogP) is 0.851. The predicted molar refractivity (Wildman–Crippen MR) is 104 cm³/mol. The summed E-state index contributed by atoms with van der Waals surface area (Å²) in [5.41, 5.74) is 1.05. The third-order valence-corrected chi connectivity index (χ3v) is 5.98. The number of benzene rings is 2. The topological polar surface area (TPSA) is 119 Å². The lowest BCUT2D eigenvalue weighted by Crippen LogP contribution is -2.25. The zero-order valence-electron chi connectivity index (χ0n) is 16.1. The number of aromatic nitrogens is 4. The summed E-state index contributed by atoms with van der Waals surface area (Å²) in [4.78, 5) is 12.5. The van der Waals surface area contributed by atoms with Gasteiger partial charge in [0.2, 0.25) is 10.0 Å². The maximum Gasteiger partial charge on any atom is 0.251 e. The van der Waals surface area contributed by atoms with Gasteiger partial charge in [-0.3, -0.25) is 4.79 Å². The summed E-state index contributed by atoms with van der Waals surface area (Å²) in [6.07, 6.45) is 0. The number of amides is 1. The van der Waals surface area contributed by atoms with Crippen LogP contribution in [0.2, 0.25) is 0 Å². The Hall–Kier alpha value is -3.31. The molecule has 0 saturated heterocycles. The number of carbonyl (C=O) groups excluding carboxylic acids is 1. The van der Waals surface area contributed by atoms with E-state index in [1.807, 2.05) is 0 Å². The van der Waals surface area contributed by atoms with Crippen LogP contribution in [0, 0.1) is 0 Å². The monoisotopic (exact) mass is 416 g/mol. The van der Waals surface area contributed by atoms with E-state index in [1.54, 1.807) is 31.4 Å². The second-order valence-electron chi connectivity index (χ2n) is 6.20. The largest absolute Gasteiger partial charge is 0.497 e. The first-order valence-corrected chi connectivity index (χ1v) is 9.99. The van der Waals surface area contributed by atoms with Crippen molar-refractivity contribution in [3.63, 3.8) is 0 Å². The number of nitrogens with zero attached hydrogens (tertiary/aromatic N) is 5. The average Bonchev–Trinajstić information content (AvgIpc) is 3.20. The van der Waals surface area contributed by atoms with E-state index < -0.39 is 10.0 Å². The van der Waals surface area contributed by atoms with Gasteiger partial charge in [-0.2, -0.15) is 4.68 Å². The first-order chi connectivity index (χ1) is 13.8. The van der Waals surface area contributed by atoms with Crippen molar-refractivity contribution in [2.75, 3.05) is 21.2 Å². The minimum atomic E-state index is -3.55. The Balaban J connectivity index is 1.69. The van der Waals surface area contributed by atoms with Crippen LogP contribution >= 0.6 is 0 Å². The molecule has 10 nitrogen and oxygen atoms in total. The molecule has 0 radical (unpaired) electrons. The molecule has 0 unspecified atom stereocenters. The summed E-state index contributed by atoms with van der Waals surface area (Å²) < 4.78 is 31.9. The average molecular weight is 416 g/mol. The molecule has 0 aliphatic heterocycles. The molecule has 1 N–H and O–H groups in total. The first-order valence-electron chi connectivity index (χ1n) is 8.55. The number of rotatable bonds is 7. The number of ether oxygens (including phenoxy) is 1. The Labute approximate surface area is 168 Å². The van der Waals surface area contributed by atoms with E-state index in [4.69, 9.17) is 4.74 Å². The van der Waals surface area contributed by atoms with Gasteiger partial charge in [0.25, 0.3) is 5.91 Å². The lowest BCUT2D eigenvalue weighted by Gasteiger charge is -2.11. The number of carbonyl (C=O) groups is 1. The van der Waals surface area contributed by atoms with Crippen LogP contribution in [-0.4, -0.2) is 60.0 Å². The van der Waals surface area contributed by atoms with Crippen LogP contribution in [0.25, 0.3) is 5.69 Å². The van der Waals surface area contributed by atoms with Crippen LogP contribution < -0.4 is 10.1 Å². The van der Waals surface area contributed by atoms with E-state index in [0.717, 1.165) is 9.99 Å². The molecule has 0 spiro atoms. The van der Waals surface area contributed by atoms with Crippen molar-refractivity contribution >= 4 is 15.9 Å². The molecule has 0 bridgehead atoms. The number of sulfonamides is 1. The SMILES string of the molecule is COc1ccc(-n2nnnc2CNC(=O)c2ccc(S(=O)(=O)N(C)C)cc2)cc1. The fraction of sp³-hybridized carbons (Fsp3) is 0.222. The standard InChI is InChI=1S/C18H20N6O4S/c1-23(2)29(26,27)16-10-4-13(5-11-16)18(25)19-12-17-20-21-22-24(17)14-6-8-15(28-3)9-7-14/h4-11H,12H2,1-3H3,(H,19,25). The molecule has 0 saturated carbocycles. The van der Waals surface area contributed by atoms with E-state index in [0.29, 0.717) is 17.1 Å². The van der Waals surface area contributed by atoms with Gasteiger partial charge in [0.15, 0.2) is 5.82 Å². The van der Waals surface area contributed by atoms with Crippen molar-refractivity contribution in [3.8, 4) is 11.4 Å². The van der Waals surface area contributed by atoms with Gasteiger partial charge in [0.05, 0.1) is 24.2 Å². The molecule has 0 aliphatic carbocycles. The molecule has 1 amide bonds. The quantitative estimate of drug-likeness (QED) is 0.606. The van der Waals surface area contributed by atoms with E-state index in [1.165, 1.54) is 43.0 Å². The van der Waals surface area contributed by atoms with Crippen molar-refractivity contribution in [1.82, 2.24) is 29.8 Å². The second kappa shape index (κ2) is 8.37. The third kappa shape index (κ3) is 4.41. The minimum Gasteiger partial charge on any atom is -0.497 e. The maximum absolute atomic E-state index is 12.4. The molecule has 152 valence electrons. The van der Waals surface area contributed by atoms with E-state index in [2.05, 4.69) is 20.8 Å². The van der Waals surface area contributed by atoms with Gasteiger partial charge >= 0.3 is 0 Å². The van der Waals surface area contributed by atoms with Crippen LogP contribution in [-0.2, 0) is 16.6 Å². The smallest absolute Gasteiger partial charge is 0.251 e. The number of hydrogen-bond acceptors (Lipinski definition) is 7. The van der Waals surface area contributed by atoms with Crippen molar-refractivity contribution in [3.05, 3.63) is 59.9 Å². The molecule has 29 heavy (non-hydrogen) atoms. The molecule has 0 fully saturated rings. The highest BCUT2D eigenvalue weighted by Gasteiger charge is 2.18. The van der Waals surface area contributed by atoms with Crippen LogP contribution in [0.5, 0.6) is 5.75 Å². The van der Waals surface area contributed by atoms with Gasteiger partial charge in [-0.25, -0.2) is 12.7 Å². The molecule has 1 heterocycles. The van der Waals surface area contributed by atoms with Gasteiger partial charge in [-0.1, -0.05) is 0 Å². The van der Waals surface area contributed by atoms with Crippen molar-refractivity contribution in [2.24, 2.45) is 0 Å². The fourth-order valence-corrected chi connectivity index (χ4v) is 3.39. The van der Waals surface area contributed by atoms with Crippen LogP contribution in [0.4, 0.5) is 0 Å². The van der Waals surface area contributed by atoms with Crippen LogP contribution in [0.1, 0.15) is 16.2 Å². The Morgan fingerprint density at radius 3 is 2.34 bits per heavy atom. The minimum absolute atomic E-state index is 0.0929. The van der Waals surface area contributed by atoms with E-state index >= 15 is 0 Å². The van der Waals surface area contributed by atoms with E-state index in [9.17, 15) is 13.2 Å². The van der Waals surface area contributed by atoms with Gasteiger partial charge in [-0.15, -0.1) is 5.10 Å². The highest BCUT2D eigenvalue weighted by Crippen LogP contribution is 2.16. The van der Waals surface area contributed by atoms with Crippen molar-refractivity contribution in [2.45, 2.75) is 11.4 Å². The maximum atomic E-state index is 12.4. The molecular weight excluding hydrogens is 396 g/mol. The first kappa shape index (κ1) is 20.4. The molecule has 3 rings (SSSR count). The Morgan fingerprint density at radius 2 is 1.76 bits per heavy atom. The summed E-state index contributed by atoms with van der Waals surface area (Å²) in [5.74, 6) is 0.773. The molecular formula is C18H20N6O4S. The van der Waals surface area contributed by atoms with Gasteiger partial charge in [0, 0.05) is 19.7 Å². The summed E-state index contributed by atoms with van der Waals surface area (Å²) in [5, 5.41) is 14.3. The summed E-state index contributed by atoms with van der Waals surface area (Å²) in [7, 11) is 0.928. The van der Waals surface area contributed by atoms with Gasteiger partial charge < -0.3 is 10.1 Å². The van der Waals surface area contributed by atoms with Gasteiger partial charge in [-0.05, 0) is 59.0 Å². The second-order valence-corrected chi connectivity index (χ2v) is 8.35. The van der Waals surface area contributed by atoms with Crippen LogP contribution in [0.15, 0.2) is 53.4 Å². The Kier molecular flexibility index (Phi) is 5.89. The lowest BCUT2D eigenvalue weighted by atomic mass is 10.2. The normalized spacial score (nSPS) is 11.4. The number of tetrazole rings is 1. The molecule has 3 aromatic rings. The number of hydrogen-bond donors (Lipinski definition) is 1. The number of nitrogens with one attached hydrogen (secondary N) is 1. The molecule has 11 heteroatoms. The zero-order chi connectivity index (χ0) is 21.0. The third-order valence-electron chi connectivity index (χ3n) is 4.15. The molecule has 0 aliphatic rings. The summed E-state index contributed by atoms with van der Waals surface area (Å²) in [6.45, 7) is 0.0929. The fourth-order valence-electron chi connectivity index (χ4n) is 2.49. The van der Waals surface area contributed by atoms with Crippen molar-refractivity contribution < 1.29 is 17.9 Å². The Morgan fingerprint density at radius 1 is 1.10 bits per heavy atom. The highest BCUT2D eigenvalue weighted by molar-refractivity contribution is 7.89. The summed E-state index contributed by atoms with van der Waals surface area (Å²) in [6, 6.07) is 12.9. The highest BCUT2D eigenvalue weighted by atomic mass is 32.2. The molecule has 2 aromatic carbocycles. The van der Waals surface area contributed by atoms with Gasteiger partial charge in [0.1, 0.15) is 5.75 Å². The zero-order valence-corrected chi connectivity index (χ0v) is 16.9. The van der Waals surface area contributed by atoms with Crippen LogP contribution in [0.3, 0.4) is 0 Å². The summed E-state index contributed by atoms with van der Waals surface area (Å²) >= 11 is 0. The molecule has 1 aromatic heterocycles. The lowest BCUT2D eigenvalue weighted by molar-refractivity contribution is 0.0949. The molecule has 0 atom stereocenters. The van der Waals surface area contributed by atoms with E-state index in [-0.39, 0.29) is 17.3 Å². The van der Waals surface area contributed by atoms with Crippen molar-refractivity contribution in [1.29, 1.82) is 0 Å². The Bertz CT molecular complexity index is 1090.